The fourth-order valence-electron chi connectivity index (χ4n) is 1.95. The van der Waals surface area contributed by atoms with Crippen LogP contribution in [0.1, 0.15) is 26.7 Å². The predicted molar refractivity (Wildman–Crippen MR) is 64.6 cm³/mol. The van der Waals surface area contributed by atoms with Gasteiger partial charge in [0.2, 0.25) is 5.91 Å². The van der Waals surface area contributed by atoms with Crippen LogP contribution < -0.4 is 0 Å². The highest BCUT2D eigenvalue weighted by Gasteiger charge is 2.28. The van der Waals surface area contributed by atoms with E-state index in [4.69, 9.17) is 5.11 Å². The van der Waals surface area contributed by atoms with E-state index in [9.17, 15) is 9.59 Å². The number of carboxylic acids is 1. The van der Waals surface area contributed by atoms with Gasteiger partial charge in [0.15, 0.2) is 0 Å². The maximum Gasteiger partial charge on any atom is 0.313 e. The topological polar surface area (TPSA) is 57.6 Å². The van der Waals surface area contributed by atoms with E-state index in [2.05, 4.69) is 13.8 Å². The lowest BCUT2D eigenvalue weighted by Crippen LogP contribution is -2.44. The quantitative estimate of drug-likeness (QED) is 0.814. The predicted octanol–water partition coefficient (Wildman–Crippen LogP) is 1.45. The molecule has 0 atom stereocenters. The monoisotopic (exact) mass is 245 g/mol. The Kier molecular flexibility index (Phi) is 4.65. The summed E-state index contributed by atoms with van der Waals surface area (Å²) in [6.45, 7) is 5.93. The first-order chi connectivity index (χ1) is 7.41. The Bertz CT molecular complexity index is 278. The van der Waals surface area contributed by atoms with E-state index in [0.717, 1.165) is 25.9 Å². The van der Waals surface area contributed by atoms with Crippen molar-refractivity contribution >= 4 is 23.6 Å². The zero-order chi connectivity index (χ0) is 12.2. The van der Waals surface area contributed by atoms with Crippen molar-refractivity contribution in [1.29, 1.82) is 0 Å². The van der Waals surface area contributed by atoms with Gasteiger partial charge in [0.1, 0.15) is 0 Å². The lowest BCUT2D eigenvalue weighted by molar-refractivity contribution is -0.133. The number of aliphatic carboxylic acids is 1. The van der Waals surface area contributed by atoms with Crippen molar-refractivity contribution < 1.29 is 14.7 Å². The first-order valence-electron chi connectivity index (χ1n) is 5.48. The minimum Gasteiger partial charge on any atom is -0.481 e. The van der Waals surface area contributed by atoms with E-state index in [1.807, 2.05) is 4.90 Å². The number of piperidine rings is 1. The molecule has 0 bridgehead atoms. The normalized spacial score (nSPS) is 19.5. The Labute approximate surface area is 100 Å². The van der Waals surface area contributed by atoms with E-state index in [0.29, 0.717) is 0 Å². The van der Waals surface area contributed by atoms with Crippen LogP contribution in [-0.2, 0) is 9.59 Å². The number of likely N-dealkylation sites (tertiary alicyclic amines) is 1. The van der Waals surface area contributed by atoms with Crippen LogP contribution in [-0.4, -0.2) is 46.5 Å². The second-order valence-corrected chi connectivity index (χ2v) is 5.96. The number of carbonyl (C=O) groups is 2. The zero-order valence-electron chi connectivity index (χ0n) is 9.86. The number of hydrogen-bond donors (Lipinski definition) is 1. The number of hydrogen-bond acceptors (Lipinski definition) is 3. The number of thioether (sulfide) groups is 1. The van der Waals surface area contributed by atoms with Crippen molar-refractivity contribution in [3.63, 3.8) is 0 Å². The first kappa shape index (κ1) is 13.4. The second kappa shape index (κ2) is 5.57. The number of rotatable bonds is 4. The van der Waals surface area contributed by atoms with Crippen LogP contribution >= 0.6 is 11.8 Å². The molecule has 0 aromatic heterocycles. The highest BCUT2D eigenvalue weighted by molar-refractivity contribution is 8.00. The van der Waals surface area contributed by atoms with Crippen molar-refractivity contribution in [3.8, 4) is 0 Å². The van der Waals surface area contributed by atoms with Gasteiger partial charge >= 0.3 is 5.97 Å². The Morgan fingerprint density at radius 2 is 2.06 bits per heavy atom. The van der Waals surface area contributed by atoms with Gasteiger partial charge in [0.25, 0.3) is 0 Å². The van der Waals surface area contributed by atoms with Crippen molar-refractivity contribution in [2.24, 2.45) is 5.41 Å². The molecule has 1 saturated heterocycles. The van der Waals surface area contributed by atoms with Crippen LogP contribution in [0.5, 0.6) is 0 Å². The summed E-state index contributed by atoms with van der Waals surface area (Å²) >= 11 is 1.17. The van der Waals surface area contributed by atoms with Gasteiger partial charge in [-0.1, -0.05) is 13.8 Å². The summed E-state index contributed by atoms with van der Waals surface area (Å²) in [5, 5.41) is 8.47. The van der Waals surface area contributed by atoms with Crippen molar-refractivity contribution in [2.45, 2.75) is 26.7 Å². The highest BCUT2D eigenvalue weighted by atomic mass is 32.2. The summed E-state index contributed by atoms with van der Waals surface area (Å²) in [7, 11) is 0. The second-order valence-electron chi connectivity index (χ2n) is 4.97. The minimum absolute atomic E-state index is 0.00295. The molecular weight excluding hydrogens is 226 g/mol. The number of nitrogens with zero attached hydrogens (tertiary/aromatic N) is 1. The third-order valence-electron chi connectivity index (χ3n) is 2.70. The molecule has 4 nitrogen and oxygen atoms in total. The Balaban J connectivity index is 2.33. The molecule has 0 aromatic carbocycles. The molecule has 1 heterocycles. The standard InChI is InChI=1S/C11H19NO3S/c1-11(2)4-3-5-12(8-11)9(13)6-16-7-10(14)15/h3-8H2,1-2H3,(H,14,15). The Morgan fingerprint density at radius 1 is 1.38 bits per heavy atom. The van der Waals surface area contributed by atoms with Gasteiger partial charge in [-0.3, -0.25) is 9.59 Å². The van der Waals surface area contributed by atoms with E-state index in [1.54, 1.807) is 0 Å². The van der Waals surface area contributed by atoms with Crippen molar-refractivity contribution in [3.05, 3.63) is 0 Å². The maximum atomic E-state index is 11.8. The first-order valence-corrected chi connectivity index (χ1v) is 6.63. The van der Waals surface area contributed by atoms with Gasteiger partial charge in [0.05, 0.1) is 11.5 Å². The third kappa shape index (κ3) is 4.43. The Hall–Kier alpha value is -0.710. The molecule has 0 aliphatic carbocycles. The molecule has 0 unspecified atom stereocenters. The average molecular weight is 245 g/mol. The lowest BCUT2D eigenvalue weighted by atomic mass is 9.84. The van der Waals surface area contributed by atoms with Gasteiger partial charge in [-0.25, -0.2) is 0 Å². The van der Waals surface area contributed by atoms with E-state index in [1.165, 1.54) is 11.8 Å². The van der Waals surface area contributed by atoms with E-state index >= 15 is 0 Å². The van der Waals surface area contributed by atoms with E-state index in [-0.39, 0.29) is 22.8 Å². The largest absolute Gasteiger partial charge is 0.481 e. The summed E-state index contributed by atoms with van der Waals surface area (Å²) in [6.07, 6.45) is 2.20. The molecule has 1 aliphatic rings. The van der Waals surface area contributed by atoms with Crippen molar-refractivity contribution in [2.75, 3.05) is 24.6 Å². The van der Waals surface area contributed by atoms with Gasteiger partial charge in [-0.2, -0.15) is 0 Å². The van der Waals surface area contributed by atoms with Gasteiger partial charge in [-0.15, -0.1) is 11.8 Å². The molecule has 0 aromatic rings. The summed E-state index contributed by atoms with van der Waals surface area (Å²) < 4.78 is 0. The number of amides is 1. The molecule has 1 aliphatic heterocycles. The van der Waals surface area contributed by atoms with Crippen LogP contribution in [0.4, 0.5) is 0 Å². The maximum absolute atomic E-state index is 11.8. The summed E-state index contributed by atoms with van der Waals surface area (Å²) in [5.74, 6) is -0.512. The highest BCUT2D eigenvalue weighted by Crippen LogP contribution is 2.28. The molecule has 0 radical (unpaired) electrons. The average Bonchev–Trinajstić information content (AvgIpc) is 2.15. The minimum atomic E-state index is -0.864. The van der Waals surface area contributed by atoms with Gasteiger partial charge in [-0.05, 0) is 18.3 Å². The van der Waals surface area contributed by atoms with Gasteiger partial charge in [0, 0.05) is 13.1 Å². The van der Waals surface area contributed by atoms with Gasteiger partial charge < -0.3 is 10.0 Å². The molecule has 5 heteroatoms. The zero-order valence-corrected chi connectivity index (χ0v) is 10.7. The van der Waals surface area contributed by atoms with Crippen LogP contribution in [0.25, 0.3) is 0 Å². The number of carbonyl (C=O) groups excluding carboxylic acids is 1. The smallest absolute Gasteiger partial charge is 0.313 e. The molecule has 1 fully saturated rings. The van der Waals surface area contributed by atoms with Crippen LogP contribution in [0, 0.1) is 5.41 Å². The molecular formula is C11H19NO3S. The molecule has 92 valence electrons. The fourth-order valence-corrected chi connectivity index (χ4v) is 2.59. The molecule has 1 N–H and O–H groups in total. The summed E-state index contributed by atoms with van der Waals surface area (Å²) in [5.41, 5.74) is 0.200. The fraction of sp³-hybridized carbons (Fsp3) is 0.818. The van der Waals surface area contributed by atoms with Crippen molar-refractivity contribution in [1.82, 2.24) is 4.90 Å². The third-order valence-corrected chi connectivity index (χ3v) is 3.61. The summed E-state index contributed by atoms with van der Waals surface area (Å²) in [6, 6.07) is 0. The number of carboxylic acid groups (broad SMARTS) is 1. The lowest BCUT2D eigenvalue weighted by Gasteiger charge is -2.38. The molecule has 0 saturated carbocycles. The van der Waals surface area contributed by atoms with Crippen LogP contribution in [0.3, 0.4) is 0 Å². The summed E-state index contributed by atoms with van der Waals surface area (Å²) in [4.78, 5) is 24.0. The molecule has 16 heavy (non-hydrogen) atoms. The molecule has 1 rings (SSSR count). The Morgan fingerprint density at radius 3 is 2.62 bits per heavy atom. The van der Waals surface area contributed by atoms with Crippen LogP contribution in [0.15, 0.2) is 0 Å². The molecule has 1 amide bonds. The van der Waals surface area contributed by atoms with Crippen LogP contribution in [0.2, 0.25) is 0 Å². The van der Waals surface area contributed by atoms with E-state index < -0.39 is 5.97 Å². The SMILES string of the molecule is CC1(C)CCCN(C(=O)CSCC(=O)O)C1. The molecule has 0 spiro atoms.